The number of piperazine rings is 1. The molecule has 0 bridgehead atoms. The molecule has 2 heterocycles. The lowest BCUT2D eigenvalue weighted by atomic mass is 9.96. The Morgan fingerprint density at radius 1 is 1.00 bits per heavy atom. The van der Waals surface area contributed by atoms with Gasteiger partial charge in [-0.1, -0.05) is 0 Å². The molecule has 3 N–H and O–H groups in total. The zero-order valence-corrected chi connectivity index (χ0v) is 15.8. The molecule has 2 amide bonds. The number of carbonyl (C=O) groups is 2. The molecule has 144 valence electrons. The van der Waals surface area contributed by atoms with Gasteiger partial charge in [0.15, 0.2) is 0 Å². The van der Waals surface area contributed by atoms with Crippen LogP contribution >= 0.6 is 0 Å². The fourth-order valence-corrected chi connectivity index (χ4v) is 3.30. The number of nitrogens with zero attached hydrogens (tertiary/aromatic N) is 3. The predicted octanol–water partition coefficient (Wildman–Crippen LogP) is 0.241. The number of ether oxygens (including phenoxy) is 1. The van der Waals surface area contributed by atoms with Crippen LogP contribution in [0.5, 0.6) is 0 Å². The minimum Gasteiger partial charge on any atom is -0.444 e. The van der Waals surface area contributed by atoms with E-state index in [0.29, 0.717) is 13.1 Å². The topological polar surface area (TPSA) is 91.1 Å². The molecule has 0 radical (unpaired) electrons. The number of hydrogen-bond acceptors (Lipinski definition) is 6. The van der Waals surface area contributed by atoms with Crippen LogP contribution in [0.15, 0.2) is 0 Å². The van der Waals surface area contributed by atoms with Gasteiger partial charge in [0, 0.05) is 45.2 Å². The van der Waals surface area contributed by atoms with E-state index in [1.54, 1.807) is 4.90 Å². The zero-order valence-electron chi connectivity index (χ0n) is 15.8. The molecule has 2 aliphatic rings. The Kier molecular flexibility index (Phi) is 7.04. The summed E-state index contributed by atoms with van der Waals surface area (Å²) in [6, 6.07) is 0. The summed E-state index contributed by atoms with van der Waals surface area (Å²) < 4.78 is 5.42. The number of hydrazine groups is 1. The van der Waals surface area contributed by atoms with Crippen LogP contribution in [-0.4, -0.2) is 84.7 Å². The van der Waals surface area contributed by atoms with Crippen LogP contribution in [0.4, 0.5) is 4.79 Å². The van der Waals surface area contributed by atoms with Crippen LogP contribution in [-0.2, 0) is 9.53 Å². The monoisotopic (exact) mass is 355 g/mol. The average Bonchev–Trinajstić information content (AvgIpc) is 2.58. The van der Waals surface area contributed by atoms with E-state index in [1.807, 2.05) is 20.8 Å². The molecule has 8 nitrogen and oxygen atoms in total. The Morgan fingerprint density at radius 2 is 1.52 bits per heavy atom. The Morgan fingerprint density at radius 3 is 2.00 bits per heavy atom. The second-order valence-corrected chi connectivity index (χ2v) is 7.93. The molecule has 8 heteroatoms. The summed E-state index contributed by atoms with van der Waals surface area (Å²) in [6.07, 6.45) is 1.53. The number of amides is 2. The fraction of sp³-hybridized carbons (Fsp3) is 0.882. The second-order valence-electron chi connectivity index (χ2n) is 7.93. The molecule has 25 heavy (non-hydrogen) atoms. The summed E-state index contributed by atoms with van der Waals surface area (Å²) in [7, 11) is 0. The first kappa shape index (κ1) is 19.9. The maximum Gasteiger partial charge on any atom is 0.410 e. The quantitative estimate of drug-likeness (QED) is 0.426. The van der Waals surface area contributed by atoms with Crippen molar-refractivity contribution in [1.29, 1.82) is 0 Å². The molecule has 2 fully saturated rings. The molecule has 0 aromatic heterocycles. The highest BCUT2D eigenvalue weighted by molar-refractivity contribution is 5.78. The van der Waals surface area contributed by atoms with Gasteiger partial charge in [-0.05, 0) is 46.7 Å². The third-order valence-corrected chi connectivity index (χ3v) is 4.86. The highest BCUT2D eigenvalue weighted by Gasteiger charge is 2.27. The Hall–Kier alpha value is -1.38. The van der Waals surface area contributed by atoms with Gasteiger partial charge in [-0.2, -0.15) is 0 Å². The molecule has 0 aliphatic carbocycles. The van der Waals surface area contributed by atoms with E-state index in [-0.39, 0.29) is 17.9 Å². The lowest BCUT2D eigenvalue weighted by molar-refractivity contribution is -0.126. The molecule has 0 spiro atoms. The molecule has 2 aliphatic heterocycles. The van der Waals surface area contributed by atoms with Crippen molar-refractivity contribution in [2.45, 2.75) is 39.2 Å². The van der Waals surface area contributed by atoms with E-state index in [1.165, 1.54) is 0 Å². The second kappa shape index (κ2) is 8.82. The highest BCUT2D eigenvalue weighted by atomic mass is 16.6. The van der Waals surface area contributed by atoms with Crippen molar-refractivity contribution in [3.05, 3.63) is 0 Å². The van der Waals surface area contributed by atoms with Crippen LogP contribution in [0, 0.1) is 5.92 Å². The van der Waals surface area contributed by atoms with Gasteiger partial charge in [0.2, 0.25) is 5.91 Å². The van der Waals surface area contributed by atoms with Crippen molar-refractivity contribution < 1.29 is 14.3 Å². The van der Waals surface area contributed by atoms with Gasteiger partial charge in [0.1, 0.15) is 5.60 Å². The third-order valence-electron chi connectivity index (χ3n) is 4.86. The molecule has 0 atom stereocenters. The third kappa shape index (κ3) is 6.45. The fourth-order valence-electron chi connectivity index (χ4n) is 3.30. The summed E-state index contributed by atoms with van der Waals surface area (Å²) in [5, 5.41) is 0. The van der Waals surface area contributed by atoms with Gasteiger partial charge < -0.3 is 14.5 Å². The van der Waals surface area contributed by atoms with Crippen molar-refractivity contribution in [1.82, 2.24) is 20.1 Å². The first-order valence-electron chi connectivity index (χ1n) is 9.21. The van der Waals surface area contributed by atoms with Crippen LogP contribution in [0.1, 0.15) is 33.6 Å². The summed E-state index contributed by atoms with van der Waals surface area (Å²) in [5.74, 6) is 5.21. The van der Waals surface area contributed by atoms with Crippen LogP contribution in [0.3, 0.4) is 0 Å². The summed E-state index contributed by atoms with van der Waals surface area (Å²) >= 11 is 0. The summed E-state index contributed by atoms with van der Waals surface area (Å²) in [4.78, 5) is 30.2. The average molecular weight is 355 g/mol. The lowest BCUT2D eigenvalue weighted by Crippen LogP contribution is -2.51. The normalized spacial score (nSPS) is 21.2. The Balaban J connectivity index is 1.63. The molecule has 0 aromatic rings. The number of carbonyl (C=O) groups excluding carboxylic acids is 2. The number of nitrogens with one attached hydrogen (secondary N) is 1. The first-order valence-corrected chi connectivity index (χ1v) is 9.21. The smallest absolute Gasteiger partial charge is 0.410 e. The van der Waals surface area contributed by atoms with E-state index >= 15 is 0 Å². The van der Waals surface area contributed by atoms with Crippen molar-refractivity contribution in [3.8, 4) is 0 Å². The van der Waals surface area contributed by atoms with Gasteiger partial charge >= 0.3 is 6.09 Å². The van der Waals surface area contributed by atoms with Gasteiger partial charge in [-0.15, -0.1) is 0 Å². The number of piperidine rings is 1. The van der Waals surface area contributed by atoms with Crippen molar-refractivity contribution in [3.63, 3.8) is 0 Å². The highest BCUT2D eigenvalue weighted by Crippen LogP contribution is 2.17. The van der Waals surface area contributed by atoms with Crippen LogP contribution < -0.4 is 11.3 Å². The number of hydrogen-bond donors (Lipinski definition) is 2. The summed E-state index contributed by atoms with van der Waals surface area (Å²) in [6.45, 7) is 12.7. The summed E-state index contributed by atoms with van der Waals surface area (Å²) in [5.41, 5.74) is 1.81. The predicted molar refractivity (Wildman–Crippen MR) is 95.7 cm³/mol. The van der Waals surface area contributed by atoms with Gasteiger partial charge in [-0.25, -0.2) is 10.6 Å². The van der Waals surface area contributed by atoms with Gasteiger partial charge in [0.05, 0.1) is 0 Å². The standard InChI is InChI=1S/C17H33N5O3/c1-17(2,3)25-16(24)22-12-10-21(11-13-22)9-8-20-6-4-14(5-7-20)15(23)19-18/h14H,4-13,18H2,1-3H3,(H,19,23). The number of rotatable bonds is 4. The molecule has 0 unspecified atom stereocenters. The number of nitrogens with two attached hydrogens (primary N) is 1. The van der Waals surface area contributed by atoms with Crippen molar-refractivity contribution >= 4 is 12.0 Å². The Labute approximate surface area is 150 Å². The first-order chi connectivity index (χ1) is 11.8. The minimum atomic E-state index is -0.443. The van der Waals surface area contributed by atoms with E-state index in [4.69, 9.17) is 10.6 Å². The van der Waals surface area contributed by atoms with Crippen molar-refractivity contribution in [2.24, 2.45) is 11.8 Å². The van der Waals surface area contributed by atoms with E-state index in [2.05, 4.69) is 15.2 Å². The largest absolute Gasteiger partial charge is 0.444 e. The molecular formula is C17H33N5O3. The SMILES string of the molecule is CC(C)(C)OC(=O)N1CCN(CCN2CCC(C(=O)NN)CC2)CC1. The van der Waals surface area contributed by atoms with E-state index in [9.17, 15) is 9.59 Å². The Bertz CT molecular complexity index is 450. The minimum absolute atomic E-state index is 0.0436. The van der Waals surface area contributed by atoms with Crippen LogP contribution in [0.25, 0.3) is 0 Å². The molecular weight excluding hydrogens is 322 g/mol. The van der Waals surface area contributed by atoms with E-state index < -0.39 is 5.60 Å². The van der Waals surface area contributed by atoms with Crippen LogP contribution in [0.2, 0.25) is 0 Å². The molecule has 0 aromatic carbocycles. The maximum atomic E-state index is 12.1. The molecule has 2 saturated heterocycles. The lowest BCUT2D eigenvalue weighted by Gasteiger charge is -2.37. The zero-order chi connectivity index (χ0) is 18.4. The van der Waals surface area contributed by atoms with Crippen molar-refractivity contribution in [2.75, 3.05) is 52.4 Å². The van der Waals surface area contributed by atoms with Gasteiger partial charge in [0.25, 0.3) is 0 Å². The number of likely N-dealkylation sites (tertiary alicyclic amines) is 1. The molecule has 0 saturated carbocycles. The van der Waals surface area contributed by atoms with Gasteiger partial charge in [-0.3, -0.25) is 15.1 Å². The van der Waals surface area contributed by atoms with E-state index in [0.717, 1.165) is 52.1 Å². The molecule has 2 rings (SSSR count). The maximum absolute atomic E-state index is 12.1.